The lowest BCUT2D eigenvalue weighted by Gasteiger charge is -2.12. The third-order valence-corrected chi connectivity index (χ3v) is 5.44. The Hall–Kier alpha value is -3.53. The van der Waals surface area contributed by atoms with Crippen molar-refractivity contribution in [1.29, 1.82) is 0 Å². The van der Waals surface area contributed by atoms with Crippen molar-refractivity contribution in [3.8, 4) is 0 Å². The van der Waals surface area contributed by atoms with Gasteiger partial charge in [0.25, 0.3) is 15.7 Å². The fraction of sp³-hybridized carbons (Fsp3) is 0.0500. The van der Waals surface area contributed by atoms with Crippen LogP contribution in [-0.4, -0.2) is 30.6 Å². The van der Waals surface area contributed by atoms with E-state index in [0.717, 1.165) is 18.3 Å². The van der Waals surface area contributed by atoms with Gasteiger partial charge in [0.05, 0.1) is 5.56 Å². The van der Waals surface area contributed by atoms with E-state index >= 15 is 0 Å². The smallest absolute Gasteiger partial charge is 0.322 e. The van der Waals surface area contributed by atoms with Gasteiger partial charge in [-0.05, 0) is 24.3 Å². The van der Waals surface area contributed by atoms with Gasteiger partial charge in [-0.15, -0.1) is 0 Å². The third-order valence-electron chi connectivity index (χ3n) is 3.99. The number of sulfone groups is 1. The molecule has 0 aliphatic carbocycles. The van der Waals surface area contributed by atoms with E-state index < -0.39 is 31.8 Å². The largest absolute Gasteiger partial charge is 0.503 e. The molecule has 0 unspecified atom stereocenters. The number of carbonyl (C=O) groups excluding carboxylic acids is 2. The number of halogens is 3. The summed E-state index contributed by atoms with van der Waals surface area (Å²) in [5.41, 5.74) is -5.64. The lowest BCUT2D eigenvalue weighted by atomic mass is 10.0. The van der Waals surface area contributed by atoms with Gasteiger partial charge in [0, 0.05) is 23.0 Å². The Morgan fingerprint density at radius 2 is 1.53 bits per heavy atom. The topological polar surface area (TPSA) is 93.2 Å². The summed E-state index contributed by atoms with van der Waals surface area (Å²) < 4.78 is 62.1. The van der Waals surface area contributed by atoms with Crippen LogP contribution in [0.25, 0.3) is 0 Å². The Balaban J connectivity index is 1.91. The summed E-state index contributed by atoms with van der Waals surface area (Å²) in [7, 11) is -5.83. The molecule has 1 heterocycles. The number of amides is 1. The van der Waals surface area contributed by atoms with Crippen LogP contribution in [0, 0.1) is 0 Å². The number of pyridine rings is 1. The van der Waals surface area contributed by atoms with Crippen molar-refractivity contribution < 1.29 is 31.2 Å². The van der Waals surface area contributed by atoms with Gasteiger partial charge in [0.1, 0.15) is 0 Å². The number of rotatable bonds is 5. The number of ketones is 1. The average Bonchev–Trinajstić information content (AvgIpc) is 2.73. The molecule has 3 aromatic rings. The number of anilines is 1. The second-order valence-electron chi connectivity index (χ2n) is 6.04. The monoisotopic (exact) mass is 434 g/mol. The van der Waals surface area contributed by atoms with Gasteiger partial charge in [-0.2, -0.15) is 13.2 Å². The van der Waals surface area contributed by atoms with Crippen LogP contribution >= 0.6 is 0 Å². The van der Waals surface area contributed by atoms with E-state index in [1.54, 1.807) is 30.3 Å². The number of carbonyl (C=O) groups is 2. The lowest BCUT2D eigenvalue weighted by Crippen LogP contribution is -2.27. The predicted octanol–water partition coefficient (Wildman–Crippen LogP) is 3.86. The summed E-state index contributed by atoms with van der Waals surface area (Å²) in [6, 6.07) is 16.1. The Morgan fingerprint density at radius 3 is 2.20 bits per heavy atom. The second kappa shape index (κ2) is 8.07. The van der Waals surface area contributed by atoms with E-state index in [0.29, 0.717) is 5.56 Å². The molecule has 3 rings (SSSR count). The maximum atomic E-state index is 12.9. The Labute approximate surface area is 169 Å². The van der Waals surface area contributed by atoms with Crippen molar-refractivity contribution >= 4 is 27.2 Å². The van der Waals surface area contributed by atoms with Gasteiger partial charge in [-0.3, -0.25) is 9.59 Å². The van der Waals surface area contributed by atoms with Crippen LogP contribution in [0.2, 0.25) is 0 Å². The zero-order valence-electron chi connectivity index (χ0n) is 15.1. The molecule has 6 nitrogen and oxygen atoms in total. The van der Waals surface area contributed by atoms with Crippen LogP contribution in [0.5, 0.6) is 0 Å². The molecule has 0 saturated carbocycles. The van der Waals surface area contributed by atoms with Crippen LogP contribution in [0.1, 0.15) is 26.3 Å². The van der Waals surface area contributed by atoms with Crippen molar-refractivity contribution in [3.05, 3.63) is 89.6 Å². The highest BCUT2D eigenvalue weighted by Gasteiger charge is 2.49. The van der Waals surface area contributed by atoms with Crippen LogP contribution in [-0.2, 0) is 9.84 Å². The minimum absolute atomic E-state index is 0.0981. The van der Waals surface area contributed by atoms with Crippen LogP contribution in [0.4, 0.5) is 18.9 Å². The summed E-state index contributed by atoms with van der Waals surface area (Å²) in [6.45, 7) is 0. The van der Waals surface area contributed by atoms with E-state index in [2.05, 4.69) is 10.3 Å². The third kappa shape index (κ3) is 4.23. The first kappa shape index (κ1) is 21.2. The van der Waals surface area contributed by atoms with Gasteiger partial charge >= 0.3 is 5.51 Å². The minimum atomic E-state index is -5.83. The molecule has 0 aliphatic rings. The molecule has 154 valence electrons. The fourth-order valence-corrected chi connectivity index (χ4v) is 3.45. The van der Waals surface area contributed by atoms with E-state index in [9.17, 15) is 31.2 Å². The first-order chi connectivity index (χ1) is 14.1. The predicted molar refractivity (Wildman–Crippen MR) is 102 cm³/mol. The molecule has 0 spiro atoms. The molecule has 0 saturated heterocycles. The number of hydrogen-bond donors (Lipinski definition) is 1. The van der Waals surface area contributed by atoms with Crippen LogP contribution in [0.3, 0.4) is 0 Å². The molecule has 0 fully saturated rings. The highest BCUT2D eigenvalue weighted by molar-refractivity contribution is 7.92. The molecule has 30 heavy (non-hydrogen) atoms. The molecule has 1 aromatic heterocycles. The van der Waals surface area contributed by atoms with Crippen molar-refractivity contribution in [2.24, 2.45) is 0 Å². The summed E-state index contributed by atoms with van der Waals surface area (Å²) in [5.74, 6) is -1.44. The fourth-order valence-electron chi connectivity index (χ4n) is 2.58. The Kier molecular flexibility index (Phi) is 5.70. The Morgan fingerprint density at radius 1 is 0.867 bits per heavy atom. The summed E-state index contributed by atoms with van der Waals surface area (Å²) in [4.78, 5) is 28.3. The zero-order valence-corrected chi connectivity index (χ0v) is 15.9. The van der Waals surface area contributed by atoms with Gasteiger partial charge in [0.15, 0.2) is 10.8 Å². The molecule has 10 heteroatoms. The van der Waals surface area contributed by atoms with Crippen molar-refractivity contribution in [2.45, 2.75) is 10.5 Å². The molecule has 1 N–H and O–H groups in total. The number of hydrogen-bond acceptors (Lipinski definition) is 5. The summed E-state index contributed by atoms with van der Waals surface area (Å²) in [5, 5.41) is 0.909. The van der Waals surface area contributed by atoms with Crippen LogP contribution < -0.4 is 5.32 Å². The number of aromatic nitrogens is 1. The summed E-state index contributed by atoms with van der Waals surface area (Å²) in [6.07, 6.45) is 0.842. The van der Waals surface area contributed by atoms with E-state index in [4.69, 9.17) is 0 Å². The second-order valence-corrected chi connectivity index (χ2v) is 7.89. The van der Waals surface area contributed by atoms with E-state index in [-0.39, 0.29) is 17.0 Å². The number of benzene rings is 2. The highest BCUT2D eigenvalue weighted by atomic mass is 32.2. The zero-order chi connectivity index (χ0) is 21.9. The highest BCUT2D eigenvalue weighted by Crippen LogP contribution is 2.31. The maximum absolute atomic E-state index is 12.9. The van der Waals surface area contributed by atoms with Crippen molar-refractivity contribution in [1.82, 2.24) is 4.98 Å². The number of nitrogens with one attached hydrogen (secondary N) is 1. The normalized spacial score (nSPS) is 11.7. The van der Waals surface area contributed by atoms with Gasteiger partial charge < -0.3 is 5.32 Å². The molecular weight excluding hydrogens is 421 g/mol. The molecule has 0 radical (unpaired) electrons. The lowest BCUT2D eigenvalue weighted by molar-refractivity contribution is -0.0438. The first-order valence-corrected chi connectivity index (χ1v) is 9.87. The van der Waals surface area contributed by atoms with E-state index in [1.165, 1.54) is 24.3 Å². The van der Waals surface area contributed by atoms with Gasteiger partial charge in [0.2, 0.25) is 0 Å². The molecule has 0 bridgehead atoms. The Bertz CT molecular complexity index is 1210. The molecule has 0 aliphatic heterocycles. The quantitative estimate of drug-likeness (QED) is 0.616. The summed E-state index contributed by atoms with van der Waals surface area (Å²) >= 11 is 0. The van der Waals surface area contributed by atoms with Crippen molar-refractivity contribution in [3.63, 3.8) is 0 Å². The van der Waals surface area contributed by atoms with E-state index in [1.807, 2.05) is 0 Å². The first-order valence-electron chi connectivity index (χ1n) is 8.39. The van der Waals surface area contributed by atoms with Gasteiger partial charge in [-0.25, -0.2) is 13.4 Å². The molecule has 0 atom stereocenters. The van der Waals surface area contributed by atoms with Crippen molar-refractivity contribution in [2.75, 3.05) is 5.32 Å². The maximum Gasteiger partial charge on any atom is 0.503 e. The number of nitrogens with zero attached hydrogens (tertiary/aromatic N) is 1. The molecular formula is C20H13F3N2O4S. The average molecular weight is 434 g/mol. The SMILES string of the molecule is O=C(c1ccccc1)c1cccc(NC(=O)c2cccnc2S(=O)(=O)C(F)(F)F)c1. The van der Waals surface area contributed by atoms with Gasteiger partial charge in [-0.1, -0.05) is 42.5 Å². The molecule has 1 amide bonds. The number of alkyl halides is 3. The molecule has 2 aromatic carbocycles. The standard InChI is InChI=1S/C20H13F3N2O4S/c21-20(22,23)30(28,29)19-16(10-5-11-24-19)18(27)25-15-9-4-8-14(12-15)17(26)13-6-2-1-3-7-13/h1-12H,(H,25,27). The van der Waals surface area contributed by atoms with Crippen LogP contribution in [0.15, 0.2) is 78.0 Å². The minimum Gasteiger partial charge on any atom is -0.322 e.